The predicted molar refractivity (Wildman–Crippen MR) is 265 cm³/mol. The second-order valence-corrected chi connectivity index (χ2v) is 16.4. The van der Waals surface area contributed by atoms with Crippen LogP contribution in [0.15, 0.2) is 97.2 Å². The van der Waals surface area contributed by atoms with E-state index < -0.39 is 6.10 Å². The summed E-state index contributed by atoms with van der Waals surface area (Å²) in [5.41, 5.74) is 0. The lowest BCUT2D eigenvalue weighted by Crippen LogP contribution is -2.30. The topological polar surface area (TPSA) is 78.9 Å². The molecule has 0 aliphatic rings. The van der Waals surface area contributed by atoms with Crippen LogP contribution in [-0.4, -0.2) is 37.2 Å². The van der Waals surface area contributed by atoms with Crippen LogP contribution in [-0.2, 0) is 28.6 Å². The molecule has 0 heterocycles. The molecule has 0 rings (SSSR count). The fourth-order valence-electron chi connectivity index (χ4n) is 6.68. The van der Waals surface area contributed by atoms with Gasteiger partial charge in [0.1, 0.15) is 13.2 Å². The van der Waals surface area contributed by atoms with Crippen LogP contribution in [0, 0.1) is 0 Å². The Labute approximate surface area is 381 Å². The quantitative estimate of drug-likeness (QED) is 0.0200. The zero-order chi connectivity index (χ0) is 45.1. The maximum absolute atomic E-state index is 12.8. The normalized spacial score (nSPS) is 12.9. The molecule has 1 atom stereocenters. The van der Waals surface area contributed by atoms with Crippen molar-refractivity contribution < 1.29 is 28.6 Å². The van der Waals surface area contributed by atoms with Crippen LogP contribution in [0.3, 0.4) is 0 Å². The number of unbranched alkanes of at least 4 members (excludes halogenated alkanes) is 20. The van der Waals surface area contributed by atoms with E-state index in [1.165, 1.54) is 77.0 Å². The second-order valence-electron chi connectivity index (χ2n) is 16.4. The smallest absolute Gasteiger partial charge is 0.306 e. The summed E-state index contributed by atoms with van der Waals surface area (Å²) in [4.78, 5) is 37.9. The largest absolute Gasteiger partial charge is 0.462 e. The molecule has 0 radical (unpaired) electrons. The summed E-state index contributed by atoms with van der Waals surface area (Å²) in [6.07, 6.45) is 65.3. The Morgan fingerprint density at radius 2 is 0.710 bits per heavy atom. The van der Waals surface area contributed by atoms with Gasteiger partial charge in [-0.1, -0.05) is 221 Å². The first kappa shape index (κ1) is 58.3. The Morgan fingerprint density at radius 3 is 1.18 bits per heavy atom. The van der Waals surface area contributed by atoms with Crippen molar-refractivity contribution in [3.8, 4) is 0 Å². The fourth-order valence-corrected chi connectivity index (χ4v) is 6.68. The van der Waals surface area contributed by atoms with Gasteiger partial charge in [0, 0.05) is 19.3 Å². The molecule has 6 heteroatoms. The summed E-state index contributed by atoms with van der Waals surface area (Å²) < 4.78 is 16.7. The molecule has 0 aliphatic carbocycles. The third kappa shape index (κ3) is 47.4. The first-order valence-corrected chi connectivity index (χ1v) is 25.3. The molecule has 0 spiro atoms. The third-order valence-corrected chi connectivity index (χ3v) is 10.4. The SMILES string of the molecule is CC\C=C/C=C\C=C/C=C\CCCCCC(=O)OCC(COC(=O)CCCCC/C=C\C/C=C\C/C=C\C/C=C\CC)OC(=O)CCCCCCCCCCCCCCCCC. The maximum Gasteiger partial charge on any atom is 0.306 e. The number of ether oxygens (including phenoxy) is 3. The second kappa shape index (κ2) is 50.0. The lowest BCUT2D eigenvalue weighted by atomic mass is 10.0. The van der Waals surface area contributed by atoms with E-state index in [1.807, 2.05) is 36.5 Å². The highest BCUT2D eigenvalue weighted by Crippen LogP contribution is 2.15. The van der Waals surface area contributed by atoms with Gasteiger partial charge in [-0.05, 0) is 77.0 Å². The molecular weight excluding hydrogens is 769 g/mol. The Hall–Kier alpha value is -3.67. The number of hydrogen-bond donors (Lipinski definition) is 0. The summed E-state index contributed by atoms with van der Waals surface area (Å²) in [5.74, 6) is -0.976. The first-order valence-electron chi connectivity index (χ1n) is 25.3. The minimum Gasteiger partial charge on any atom is -0.462 e. The number of carbonyl (C=O) groups is 3. The van der Waals surface area contributed by atoms with E-state index in [0.29, 0.717) is 19.3 Å². The first-order chi connectivity index (χ1) is 30.5. The van der Waals surface area contributed by atoms with Gasteiger partial charge in [-0.2, -0.15) is 0 Å². The van der Waals surface area contributed by atoms with Crippen molar-refractivity contribution >= 4 is 17.9 Å². The average molecular weight is 861 g/mol. The van der Waals surface area contributed by atoms with Crippen LogP contribution in [0.4, 0.5) is 0 Å². The van der Waals surface area contributed by atoms with Gasteiger partial charge < -0.3 is 14.2 Å². The van der Waals surface area contributed by atoms with Crippen molar-refractivity contribution in [1.82, 2.24) is 0 Å². The van der Waals surface area contributed by atoms with E-state index >= 15 is 0 Å². The highest BCUT2D eigenvalue weighted by atomic mass is 16.6. The van der Waals surface area contributed by atoms with Gasteiger partial charge in [0.05, 0.1) is 0 Å². The van der Waals surface area contributed by atoms with Gasteiger partial charge in [0.15, 0.2) is 6.10 Å². The lowest BCUT2D eigenvalue weighted by Gasteiger charge is -2.18. The molecule has 352 valence electrons. The Balaban J connectivity index is 4.49. The van der Waals surface area contributed by atoms with E-state index in [0.717, 1.165) is 103 Å². The van der Waals surface area contributed by atoms with Gasteiger partial charge >= 0.3 is 17.9 Å². The highest BCUT2D eigenvalue weighted by Gasteiger charge is 2.19. The van der Waals surface area contributed by atoms with Crippen LogP contribution in [0.2, 0.25) is 0 Å². The summed E-state index contributed by atoms with van der Waals surface area (Å²) in [7, 11) is 0. The number of allylic oxidation sites excluding steroid dienone is 16. The van der Waals surface area contributed by atoms with E-state index in [2.05, 4.69) is 81.5 Å². The van der Waals surface area contributed by atoms with Gasteiger partial charge in [-0.15, -0.1) is 0 Å². The number of carbonyl (C=O) groups excluding carboxylic acids is 3. The van der Waals surface area contributed by atoms with E-state index in [4.69, 9.17) is 14.2 Å². The van der Waals surface area contributed by atoms with Gasteiger partial charge in [0.25, 0.3) is 0 Å². The highest BCUT2D eigenvalue weighted by molar-refractivity contribution is 5.71. The average Bonchev–Trinajstić information content (AvgIpc) is 3.27. The minimum absolute atomic E-state index is 0.106. The van der Waals surface area contributed by atoms with Crippen molar-refractivity contribution in [1.29, 1.82) is 0 Å². The van der Waals surface area contributed by atoms with Crippen LogP contribution in [0.25, 0.3) is 0 Å². The molecule has 0 amide bonds. The van der Waals surface area contributed by atoms with E-state index in [9.17, 15) is 14.4 Å². The zero-order valence-electron chi connectivity index (χ0n) is 40.1. The van der Waals surface area contributed by atoms with Crippen molar-refractivity contribution in [2.24, 2.45) is 0 Å². The molecule has 0 saturated carbocycles. The molecule has 0 aromatic carbocycles. The number of esters is 3. The number of hydrogen-bond acceptors (Lipinski definition) is 6. The van der Waals surface area contributed by atoms with Crippen molar-refractivity contribution in [2.45, 2.75) is 226 Å². The van der Waals surface area contributed by atoms with Gasteiger partial charge in [0.2, 0.25) is 0 Å². The Bertz CT molecular complexity index is 1260. The molecule has 1 unspecified atom stereocenters. The van der Waals surface area contributed by atoms with Crippen LogP contribution >= 0.6 is 0 Å². The predicted octanol–water partition coefficient (Wildman–Crippen LogP) is 16.6. The van der Waals surface area contributed by atoms with Crippen LogP contribution in [0.1, 0.15) is 220 Å². The molecular formula is C56H92O6. The Morgan fingerprint density at radius 1 is 0.355 bits per heavy atom. The summed E-state index contributed by atoms with van der Waals surface area (Å²) in [6, 6.07) is 0. The standard InChI is InChI=1S/C56H92O6/c1-4-7-10-13-16-19-22-25-27-29-31-34-37-40-43-46-49-55(58)61-52-53(51-60-54(57)48-45-42-39-36-33-30-24-21-18-15-12-9-6-3)62-56(59)50-47-44-41-38-35-32-28-26-23-20-17-14-11-8-5-2/h7,9-10,12,15-16,18-19,21,24-25,27,30-31,33-34,53H,4-6,8,11,13-14,17,20,22-23,26,28-29,32,35-52H2,1-3H3/b10-7-,12-9-,18-15-,19-16-,24-21-,27-25-,33-30-,34-31-. The van der Waals surface area contributed by atoms with Crippen LogP contribution < -0.4 is 0 Å². The molecule has 62 heavy (non-hydrogen) atoms. The Kier molecular flexibility index (Phi) is 47.0. The molecule has 0 aromatic heterocycles. The van der Waals surface area contributed by atoms with Crippen LogP contribution in [0.5, 0.6) is 0 Å². The molecule has 0 N–H and O–H groups in total. The summed E-state index contributed by atoms with van der Waals surface area (Å²) in [6.45, 7) is 6.31. The monoisotopic (exact) mass is 861 g/mol. The number of rotatable bonds is 44. The molecule has 6 nitrogen and oxygen atoms in total. The molecule has 0 saturated heterocycles. The van der Waals surface area contributed by atoms with E-state index in [-0.39, 0.29) is 31.1 Å². The molecule has 0 aromatic rings. The summed E-state index contributed by atoms with van der Waals surface area (Å²) >= 11 is 0. The minimum atomic E-state index is -0.805. The molecule has 0 fully saturated rings. The lowest BCUT2D eigenvalue weighted by molar-refractivity contribution is -0.167. The van der Waals surface area contributed by atoms with Crippen molar-refractivity contribution in [3.05, 3.63) is 97.2 Å². The van der Waals surface area contributed by atoms with Crippen molar-refractivity contribution in [3.63, 3.8) is 0 Å². The molecule has 0 aliphatic heterocycles. The van der Waals surface area contributed by atoms with Crippen molar-refractivity contribution in [2.75, 3.05) is 13.2 Å². The van der Waals surface area contributed by atoms with Gasteiger partial charge in [-0.3, -0.25) is 14.4 Å². The van der Waals surface area contributed by atoms with Gasteiger partial charge in [-0.25, -0.2) is 0 Å². The molecule has 0 bridgehead atoms. The third-order valence-electron chi connectivity index (χ3n) is 10.4. The summed E-state index contributed by atoms with van der Waals surface area (Å²) in [5, 5.41) is 0. The fraction of sp³-hybridized carbons (Fsp3) is 0.661. The maximum atomic E-state index is 12.8. The van der Waals surface area contributed by atoms with E-state index in [1.54, 1.807) is 0 Å². The zero-order valence-corrected chi connectivity index (χ0v) is 40.1.